The van der Waals surface area contributed by atoms with Crippen molar-refractivity contribution in [2.24, 2.45) is 5.92 Å². The number of halogens is 1. The first-order valence-electron chi connectivity index (χ1n) is 6.17. The molecule has 0 aliphatic carbocycles. The Hall–Kier alpha value is -2.08. The largest absolute Gasteiger partial charge is 0.382 e. The maximum atomic E-state index is 11.2. The lowest BCUT2D eigenvalue weighted by atomic mass is 9.98. The van der Waals surface area contributed by atoms with E-state index in [9.17, 15) is 10.1 Å². The van der Waals surface area contributed by atoms with E-state index in [4.69, 9.17) is 17.3 Å². The summed E-state index contributed by atoms with van der Waals surface area (Å²) < 4.78 is 0. The van der Waals surface area contributed by atoms with Gasteiger partial charge in [-0.25, -0.2) is 0 Å². The first kappa shape index (κ1) is 14.3. The summed E-state index contributed by atoms with van der Waals surface area (Å²) in [6, 6.07) is 4.57. The third-order valence-electron chi connectivity index (χ3n) is 2.95. The van der Waals surface area contributed by atoms with Gasteiger partial charge in [-0.05, 0) is 18.4 Å². The summed E-state index contributed by atoms with van der Waals surface area (Å²) in [5.41, 5.74) is 7.40. The topological polar surface area (TPSA) is 97.8 Å². The van der Waals surface area contributed by atoms with Crippen LogP contribution in [0.2, 0.25) is 5.02 Å². The Labute approximate surface area is 121 Å². The first-order chi connectivity index (χ1) is 9.41. The van der Waals surface area contributed by atoms with Gasteiger partial charge in [-0.15, -0.1) is 0 Å². The molecule has 0 unspecified atom stereocenters. The minimum atomic E-state index is -0.461. The zero-order valence-corrected chi connectivity index (χ0v) is 11.9. The fourth-order valence-electron chi connectivity index (χ4n) is 2.11. The monoisotopic (exact) mass is 294 g/mol. The zero-order valence-electron chi connectivity index (χ0n) is 11.2. The highest BCUT2D eigenvalue weighted by Crippen LogP contribution is 2.38. The summed E-state index contributed by atoms with van der Waals surface area (Å²) in [5, 5.41) is 18.2. The molecule has 0 saturated heterocycles. The van der Waals surface area contributed by atoms with Gasteiger partial charge in [0.2, 0.25) is 0 Å². The number of hydrogen-bond acceptors (Lipinski definition) is 4. The van der Waals surface area contributed by atoms with Gasteiger partial charge >= 0.3 is 0 Å². The van der Waals surface area contributed by atoms with Gasteiger partial charge in [0.1, 0.15) is 5.82 Å². The standard InChI is InChI=1S/C13H15ClN4O2/c1-7(2)6-8-12(16-17-13(8)15)11-9(14)4-3-5-10(11)18(19)20/h3-5,7H,6H2,1-2H3,(H3,15,16,17). The van der Waals surface area contributed by atoms with Gasteiger partial charge in [0.05, 0.1) is 21.2 Å². The molecule has 0 spiro atoms. The van der Waals surface area contributed by atoms with Crippen LogP contribution >= 0.6 is 11.6 Å². The van der Waals surface area contributed by atoms with Crippen molar-refractivity contribution in [3.63, 3.8) is 0 Å². The number of nitrogen functional groups attached to an aromatic ring is 1. The third kappa shape index (κ3) is 2.60. The van der Waals surface area contributed by atoms with Crippen LogP contribution in [0.25, 0.3) is 11.3 Å². The normalized spacial score (nSPS) is 11.0. The van der Waals surface area contributed by atoms with Gasteiger partial charge < -0.3 is 5.73 Å². The number of aromatic nitrogens is 2. The molecule has 106 valence electrons. The van der Waals surface area contributed by atoms with Crippen molar-refractivity contribution in [2.45, 2.75) is 20.3 Å². The van der Waals surface area contributed by atoms with E-state index in [-0.39, 0.29) is 5.69 Å². The number of rotatable bonds is 4. The van der Waals surface area contributed by atoms with E-state index in [0.717, 1.165) is 5.56 Å². The molecule has 0 saturated carbocycles. The van der Waals surface area contributed by atoms with Crippen molar-refractivity contribution in [1.82, 2.24) is 10.2 Å². The van der Waals surface area contributed by atoms with Crippen LogP contribution in [0.3, 0.4) is 0 Å². The van der Waals surface area contributed by atoms with E-state index in [1.165, 1.54) is 6.07 Å². The molecule has 0 radical (unpaired) electrons. The van der Waals surface area contributed by atoms with Crippen molar-refractivity contribution in [1.29, 1.82) is 0 Å². The molecular formula is C13H15ClN4O2. The minimum absolute atomic E-state index is 0.0637. The summed E-state index contributed by atoms with van der Waals surface area (Å²) >= 11 is 6.13. The number of hydrogen-bond donors (Lipinski definition) is 2. The Morgan fingerprint density at radius 3 is 2.80 bits per heavy atom. The molecule has 6 nitrogen and oxygen atoms in total. The van der Waals surface area contributed by atoms with Gasteiger partial charge in [-0.2, -0.15) is 5.10 Å². The average Bonchev–Trinajstić information content (AvgIpc) is 2.70. The van der Waals surface area contributed by atoms with E-state index >= 15 is 0 Å². The molecular weight excluding hydrogens is 280 g/mol. The van der Waals surface area contributed by atoms with Crippen LogP contribution in [0, 0.1) is 16.0 Å². The lowest BCUT2D eigenvalue weighted by molar-refractivity contribution is -0.384. The van der Waals surface area contributed by atoms with Crippen molar-refractivity contribution in [3.05, 3.63) is 38.9 Å². The van der Waals surface area contributed by atoms with Crippen LogP contribution in [0.5, 0.6) is 0 Å². The number of H-pyrrole nitrogens is 1. The number of nitrogens with zero attached hydrogens (tertiary/aromatic N) is 2. The fourth-order valence-corrected chi connectivity index (χ4v) is 2.38. The smallest absolute Gasteiger partial charge is 0.280 e. The predicted octanol–water partition coefficient (Wildman–Crippen LogP) is 3.42. The van der Waals surface area contributed by atoms with Gasteiger partial charge in [0, 0.05) is 11.6 Å². The summed E-state index contributed by atoms with van der Waals surface area (Å²) in [6.07, 6.45) is 0.667. The number of nitro benzene ring substituents is 1. The SMILES string of the molecule is CC(C)Cc1c(N)n[nH]c1-c1c(Cl)cccc1[N+](=O)[O-]. The van der Waals surface area contributed by atoms with E-state index in [1.54, 1.807) is 12.1 Å². The molecule has 0 bridgehead atoms. The van der Waals surface area contributed by atoms with Crippen molar-refractivity contribution < 1.29 is 4.92 Å². The highest BCUT2D eigenvalue weighted by molar-refractivity contribution is 6.33. The summed E-state index contributed by atoms with van der Waals surface area (Å²) in [6.45, 7) is 4.08. The maximum Gasteiger partial charge on any atom is 0.280 e. The van der Waals surface area contributed by atoms with E-state index in [0.29, 0.717) is 34.4 Å². The molecule has 20 heavy (non-hydrogen) atoms. The molecule has 0 fully saturated rings. The molecule has 7 heteroatoms. The second kappa shape index (κ2) is 5.50. The number of nitrogens with one attached hydrogen (secondary N) is 1. The quantitative estimate of drug-likeness (QED) is 0.666. The van der Waals surface area contributed by atoms with Crippen LogP contribution in [0.15, 0.2) is 18.2 Å². The van der Waals surface area contributed by atoms with Crippen LogP contribution in [0.4, 0.5) is 11.5 Å². The highest BCUT2D eigenvalue weighted by Gasteiger charge is 2.24. The molecule has 0 aliphatic rings. The number of anilines is 1. The number of benzene rings is 1. The summed E-state index contributed by atoms with van der Waals surface area (Å²) in [5.74, 6) is 0.693. The van der Waals surface area contributed by atoms with Crippen LogP contribution in [0.1, 0.15) is 19.4 Å². The predicted molar refractivity (Wildman–Crippen MR) is 78.6 cm³/mol. The van der Waals surface area contributed by atoms with Crippen LogP contribution in [-0.2, 0) is 6.42 Å². The summed E-state index contributed by atoms with van der Waals surface area (Å²) in [7, 11) is 0. The molecule has 0 aliphatic heterocycles. The van der Waals surface area contributed by atoms with Gasteiger partial charge in [0.25, 0.3) is 5.69 Å². The second-order valence-corrected chi connectivity index (χ2v) is 5.36. The van der Waals surface area contributed by atoms with Gasteiger partial charge in [-0.1, -0.05) is 31.5 Å². The lowest BCUT2D eigenvalue weighted by Crippen LogP contribution is -2.00. The second-order valence-electron chi connectivity index (χ2n) is 4.95. The fraction of sp³-hybridized carbons (Fsp3) is 0.308. The number of nitrogens with two attached hydrogens (primary N) is 1. The Kier molecular flexibility index (Phi) is 3.94. The minimum Gasteiger partial charge on any atom is -0.382 e. The molecule has 2 rings (SSSR count). The van der Waals surface area contributed by atoms with Crippen molar-refractivity contribution in [2.75, 3.05) is 5.73 Å². The number of aromatic amines is 1. The van der Waals surface area contributed by atoms with E-state index < -0.39 is 4.92 Å². The Bertz CT molecular complexity index is 652. The summed E-state index contributed by atoms with van der Waals surface area (Å²) in [4.78, 5) is 10.7. The van der Waals surface area contributed by atoms with E-state index in [1.807, 2.05) is 13.8 Å². The Balaban J connectivity index is 2.66. The zero-order chi connectivity index (χ0) is 14.9. The molecule has 0 atom stereocenters. The maximum absolute atomic E-state index is 11.2. The Morgan fingerprint density at radius 1 is 1.50 bits per heavy atom. The Morgan fingerprint density at radius 2 is 2.20 bits per heavy atom. The molecule has 1 aromatic heterocycles. The molecule has 1 aromatic carbocycles. The number of nitro groups is 1. The van der Waals surface area contributed by atoms with Crippen LogP contribution < -0.4 is 5.73 Å². The molecule has 2 aromatic rings. The van der Waals surface area contributed by atoms with E-state index in [2.05, 4.69) is 10.2 Å². The average molecular weight is 295 g/mol. The molecule has 0 amide bonds. The first-order valence-corrected chi connectivity index (χ1v) is 6.55. The van der Waals surface area contributed by atoms with Crippen molar-refractivity contribution >= 4 is 23.1 Å². The molecule has 1 heterocycles. The lowest BCUT2D eigenvalue weighted by Gasteiger charge is -2.08. The van der Waals surface area contributed by atoms with Crippen LogP contribution in [-0.4, -0.2) is 15.1 Å². The third-order valence-corrected chi connectivity index (χ3v) is 3.26. The highest BCUT2D eigenvalue weighted by atomic mass is 35.5. The van der Waals surface area contributed by atoms with Gasteiger partial charge in [0.15, 0.2) is 0 Å². The molecule has 3 N–H and O–H groups in total. The van der Waals surface area contributed by atoms with Gasteiger partial charge in [-0.3, -0.25) is 15.2 Å². The van der Waals surface area contributed by atoms with Crippen molar-refractivity contribution in [3.8, 4) is 11.3 Å².